The molecule has 110 valence electrons. The van der Waals surface area contributed by atoms with Gasteiger partial charge in [-0.1, -0.05) is 24.3 Å². The molecule has 0 bridgehead atoms. The van der Waals surface area contributed by atoms with Crippen LogP contribution in [-0.2, 0) is 11.3 Å². The van der Waals surface area contributed by atoms with E-state index in [1.54, 1.807) is 0 Å². The Balaban J connectivity index is 1.88. The minimum Gasteiger partial charge on any atom is -0.356 e. The summed E-state index contributed by atoms with van der Waals surface area (Å²) in [6, 6.07) is 9.01. The molecule has 0 aliphatic carbocycles. The van der Waals surface area contributed by atoms with Gasteiger partial charge in [0.1, 0.15) is 0 Å². The largest absolute Gasteiger partial charge is 0.356 e. The number of hydrogen-bond donors (Lipinski definition) is 2. The van der Waals surface area contributed by atoms with Crippen molar-refractivity contribution in [3.63, 3.8) is 0 Å². The van der Waals surface area contributed by atoms with Crippen molar-refractivity contribution < 1.29 is 4.79 Å². The quantitative estimate of drug-likeness (QED) is 0.827. The molecule has 1 aliphatic rings. The fraction of sp³-hybridized carbons (Fsp3) is 0.562. The predicted molar refractivity (Wildman–Crippen MR) is 81.4 cm³/mol. The Labute approximate surface area is 121 Å². The van der Waals surface area contributed by atoms with E-state index in [4.69, 9.17) is 0 Å². The van der Waals surface area contributed by atoms with Gasteiger partial charge < -0.3 is 15.5 Å². The van der Waals surface area contributed by atoms with Crippen LogP contribution in [0.4, 0.5) is 0 Å². The number of benzene rings is 1. The average molecular weight is 275 g/mol. The molecule has 4 nitrogen and oxygen atoms in total. The normalized spacial score (nSPS) is 20.2. The fourth-order valence-corrected chi connectivity index (χ4v) is 2.60. The van der Waals surface area contributed by atoms with E-state index in [-0.39, 0.29) is 5.91 Å². The van der Waals surface area contributed by atoms with Gasteiger partial charge in [-0.3, -0.25) is 4.79 Å². The van der Waals surface area contributed by atoms with Gasteiger partial charge in [-0.05, 0) is 38.1 Å². The van der Waals surface area contributed by atoms with E-state index in [2.05, 4.69) is 60.8 Å². The van der Waals surface area contributed by atoms with Crippen LogP contribution in [0.2, 0.25) is 0 Å². The van der Waals surface area contributed by atoms with Gasteiger partial charge in [0.2, 0.25) is 5.91 Å². The van der Waals surface area contributed by atoms with Crippen LogP contribution >= 0.6 is 0 Å². The van der Waals surface area contributed by atoms with Crippen LogP contribution in [-0.4, -0.2) is 38.0 Å². The summed E-state index contributed by atoms with van der Waals surface area (Å²) in [7, 11) is 4.16. The molecule has 1 heterocycles. The monoisotopic (exact) mass is 275 g/mol. The molecule has 1 fully saturated rings. The summed E-state index contributed by atoms with van der Waals surface area (Å²) >= 11 is 0. The number of nitrogens with one attached hydrogen (secondary N) is 2. The van der Waals surface area contributed by atoms with E-state index in [9.17, 15) is 4.79 Å². The van der Waals surface area contributed by atoms with Gasteiger partial charge in [0.25, 0.3) is 0 Å². The number of rotatable bonds is 6. The Kier molecular flexibility index (Phi) is 5.15. The number of hydrogen-bond acceptors (Lipinski definition) is 3. The Hall–Kier alpha value is -1.39. The van der Waals surface area contributed by atoms with E-state index in [1.807, 2.05) is 0 Å². The molecular formula is C16H25N3O. The highest BCUT2D eigenvalue weighted by Crippen LogP contribution is 2.16. The number of carbonyl (C=O) groups is 1. The first-order valence-electron chi connectivity index (χ1n) is 7.28. The lowest BCUT2D eigenvalue weighted by atomic mass is 10.0. The zero-order valence-corrected chi connectivity index (χ0v) is 12.6. The summed E-state index contributed by atoms with van der Waals surface area (Å²) in [5.41, 5.74) is 2.64. The van der Waals surface area contributed by atoms with Crippen LogP contribution in [0.25, 0.3) is 0 Å². The Morgan fingerprint density at radius 1 is 1.45 bits per heavy atom. The molecule has 1 aliphatic heterocycles. The van der Waals surface area contributed by atoms with E-state index >= 15 is 0 Å². The lowest BCUT2D eigenvalue weighted by Crippen LogP contribution is -2.27. The molecule has 1 saturated heterocycles. The van der Waals surface area contributed by atoms with Gasteiger partial charge in [0, 0.05) is 32.1 Å². The van der Waals surface area contributed by atoms with Crippen LogP contribution in [0.15, 0.2) is 24.3 Å². The van der Waals surface area contributed by atoms with Gasteiger partial charge >= 0.3 is 0 Å². The molecule has 2 rings (SSSR count). The summed E-state index contributed by atoms with van der Waals surface area (Å²) in [6.07, 6.45) is 0.653. The lowest BCUT2D eigenvalue weighted by molar-refractivity contribution is -0.119. The molecule has 4 heteroatoms. The van der Waals surface area contributed by atoms with Crippen molar-refractivity contribution in [2.75, 3.05) is 27.2 Å². The summed E-state index contributed by atoms with van der Waals surface area (Å²) in [5.74, 6) is 0.604. The highest BCUT2D eigenvalue weighted by atomic mass is 16.1. The SMILES string of the molecule is CC(NCC1CNC(=O)C1)c1cccc(CN(C)C)c1. The third-order valence-corrected chi connectivity index (χ3v) is 3.72. The minimum absolute atomic E-state index is 0.178. The first-order valence-corrected chi connectivity index (χ1v) is 7.28. The average Bonchev–Trinajstić information content (AvgIpc) is 2.81. The topological polar surface area (TPSA) is 44.4 Å². The summed E-state index contributed by atoms with van der Waals surface area (Å²) < 4.78 is 0. The van der Waals surface area contributed by atoms with E-state index in [0.29, 0.717) is 18.4 Å². The Morgan fingerprint density at radius 2 is 2.25 bits per heavy atom. The highest BCUT2D eigenvalue weighted by Gasteiger charge is 2.21. The van der Waals surface area contributed by atoms with E-state index in [1.165, 1.54) is 11.1 Å². The second-order valence-electron chi connectivity index (χ2n) is 5.99. The maximum absolute atomic E-state index is 11.2. The smallest absolute Gasteiger partial charge is 0.220 e. The van der Waals surface area contributed by atoms with Gasteiger partial charge in [-0.2, -0.15) is 0 Å². The van der Waals surface area contributed by atoms with Crippen molar-refractivity contribution >= 4 is 5.91 Å². The van der Waals surface area contributed by atoms with Crippen LogP contribution in [0.5, 0.6) is 0 Å². The van der Waals surface area contributed by atoms with Crippen LogP contribution < -0.4 is 10.6 Å². The summed E-state index contributed by atoms with van der Waals surface area (Å²) in [6.45, 7) is 4.83. The molecule has 2 N–H and O–H groups in total. The first kappa shape index (κ1) is 15.0. The van der Waals surface area contributed by atoms with E-state index < -0.39 is 0 Å². The second-order valence-corrected chi connectivity index (χ2v) is 5.99. The van der Waals surface area contributed by atoms with Gasteiger partial charge in [0.15, 0.2) is 0 Å². The van der Waals surface area contributed by atoms with Gasteiger partial charge in [-0.25, -0.2) is 0 Å². The molecule has 0 spiro atoms. The zero-order valence-electron chi connectivity index (χ0n) is 12.6. The number of carbonyl (C=O) groups excluding carboxylic acids is 1. The molecule has 0 radical (unpaired) electrons. The minimum atomic E-state index is 0.178. The molecule has 0 saturated carbocycles. The van der Waals surface area contributed by atoms with Crippen LogP contribution in [0.1, 0.15) is 30.5 Å². The van der Waals surface area contributed by atoms with Crippen molar-refractivity contribution in [2.45, 2.75) is 25.9 Å². The maximum atomic E-state index is 11.2. The van der Waals surface area contributed by atoms with Crippen LogP contribution in [0, 0.1) is 5.92 Å². The maximum Gasteiger partial charge on any atom is 0.220 e. The highest BCUT2D eigenvalue weighted by molar-refractivity contribution is 5.78. The third-order valence-electron chi connectivity index (χ3n) is 3.72. The molecule has 1 aromatic carbocycles. The Bertz CT molecular complexity index is 459. The molecule has 2 atom stereocenters. The summed E-state index contributed by atoms with van der Waals surface area (Å²) in [5, 5.41) is 6.42. The van der Waals surface area contributed by atoms with E-state index in [0.717, 1.165) is 19.6 Å². The summed E-state index contributed by atoms with van der Waals surface area (Å²) in [4.78, 5) is 13.3. The van der Waals surface area contributed by atoms with Crippen molar-refractivity contribution in [3.05, 3.63) is 35.4 Å². The number of amides is 1. The fourth-order valence-electron chi connectivity index (χ4n) is 2.60. The second kappa shape index (κ2) is 6.86. The lowest BCUT2D eigenvalue weighted by Gasteiger charge is -2.18. The Morgan fingerprint density at radius 3 is 2.90 bits per heavy atom. The first-order chi connectivity index (χ1) is 9.54. The van der Waals surface area contributed by atoms with Crippen molar-refractivity contribution in [3.8, 4) is 0 Å². The molecule has 1 aromatic rings. The van der Waals surface area contributed by atoms with Crippen molar-refractivity contribution in [2.24, 2.45) is 5.92 Å². The standard InChI is InChI=1S/C16H25N3O/c1-12(17-9-14-8-16(20)18-10-14)15-6-4-5-13(7-15)11-19(2)3/h4-7,12,14,17H,8-11H2,1-3H3,(H,18,20). The predicted octanol–water partition coefficient (Wildman–Crippen LogP) is 1.53. The molecule has 20 heavy (non-hydrogen) atoms. The molecule has 2 unspecified atom stereocenters. The van der Waals surface area contributed by atoms with Gasteiger partial charge in [0.05, 0.1) is 0 Å². The van der Waals surface area contributed by atoms with Crippen LogP contribution in [0.3, 0.4) is 0 Å². The van der Waals surface area contributed by atoms with Gasteiger partial charge in [-0.15, -0.1) is 0 Å². The zero-order chi connectivity index (χ0) is 14.5. The number of nitrogens with zero attached hydrogens (tertiary/aromatic N) is 1. The van der Waals surface area contributed by atoms with Crippen molar-refractivity contribution in [1.29, 1.82) is 0 Å². The molecular weight excluding hydrogens is 250 g/mol. The molecule has 1 amide bonds. The third kappa shape index (κ3) is 4.32. The van der Waals surface area contributed by atoms with Crippen molar-refractivity contribution in [1.82, 2.24) is 15.5 Å². The molecule has 0 aromatic heterocycles.